The molecule has 0 aliphatic carbocycles. The summed E-state index contributed by atoms with van der Waals surface area (Å²) in [6, 6.07) is 6.83. The van der Waals surface area contributed by atoms with Crippen molar-refractivity contribution in [3.8, 4) is 16.9 Å². The van der Waals surface area contributed by atoms with Crippen molar-refractivity contribution in [1.29, 1.82) is 0 Å². The minimum Gasteiger partial charge on any atom is -0.495 e. The van der Waals surface area contributed by atoms with E-state index in [-0.39, 0.29) is 11.3 Å². The molecule has 1 N–H and O–H groups in total. The van der Waals surface area contributed by atoms with Gasteiger partial charge in [0.05, 0.1) is 25.5 Å². The summed E-state index contributed by atoms with van der Waals surface area (Å²) in [5.74, 6) is -0.348. The molecule has 2 aromatic rings. The Bertz CT molecular complexity index is 1200. The van der Waals surface area contributed by atoms with Gasteiger partial charge in [0.1, 0.15) is 17.0 Å². The molecule has 1 heterocycles. The highest BCUT2D eigenvalue weighted by Gasteiger charge is 2.21. The number of amides is 1. The molecule has 0 aliphatic heterocycles. The van der Waals surface area contributed by atoms with E-state index in [2.05, 4.69) is 18.5 Å². The lowest BCUT2D eigenvalue weighted by atomic mass is 9.99. The third-order valence-electron chi connectivity index (χ3n) is 4.78. The average Bonchev–Trinajstić information content (AvgIpc) is 2.78. The number of aromatic nitrogens is 1. The molecule has 0 fully saturated rings. The van der Waals surface area contributed by atoms with E-state index < -0.39 is 17.7 Å². The Morgan fingerprint density at radius 1 is 1.06 bits per heavy atom. The van der Waals surface area contributed by atoms with Gasteiger partial charge in [-0.05, 0) is 44.1 Å². The molecule has 8 nitrogen and oxygen atoms in total. The first-order chi connectivity index (χ1) is 16.0. The first-order valence-electron chi connectivity index (χ1n) is 10.4. The van der Waals surface area contributed by atoms with E-state index in [1.54, 1.807) is 64.2 Å². The van der Waals surface area contributed by atoms with E-state index in [0.29, 0.717) is 33.7 Å². The van der Waals surface area contributed by atoms with Crippen molar-refractivity contribution < 1.29 is 23.8 Å². The van der Waals surface area contributed by atoms with Crippen LogP contribution < -0.4 is 15.6 Å². The van der Waals surface area contributed by atoms with Gasteiger partial charge in [0.2, 0.25) is 0 Å². The van der Waals surface area contributed by atoms with Crippen LogP contribution in [0.5, 0.6) is 5.75 Å². The number of methoxy groups -OCH3 is 2. The Kier molecular flexibility index (Phi) is 8.24. The molecule has 180 valence electrons. The Morgan fingerprint density at radius 3 is 2.15 bits per heavy atom. The van der Waals surface area contributed by atoms with Gasteiger partial charge in [-0.25, -0.2) is 9.59 Å². The van der Waals surface area contributed by atoms with Crippen molar-refractivity contribution in [3.05, 3.63) is 70.3 Å². The number of pyridine rings is 1. The summed E-state index contributed by atoms with van der Waals surface area (Å²) in [4.78, 5) is 37.4. The minimum absolute atomic E-state index is 0.0951. The van der Waals surface area contributed by atoms with E-state index in [1.165, 1.54) is 24.9 Å². The monoisotopic (exact) mass is 466 g/mol. The second kappa shape index (κ2) is 10.7. The van der Waals surface area contributed by atoms with Gasteiger partial charge in [-0.2, -0.15) is 0 Å². The summed E-state index contributed by atoms with van der Waals surface area (Å²) in [6.07, 6.45) is 3.85. The number of rotatable bonds is 7. The molecule has 8 heteroatoms. The highest BCUT2D eigenvalue weighted by atomic mass is 16.6. The summed E-state index contributed by atoms with van der Waals surface area (Å²) in [5.41, 5.74) is 1.70. The van der Waals surface area contributed by atoms with Gasteiger partial charge in [0.15, 0.2) is 0 Å². The normalized spacial score (nSPS) is 11.4. The second-order valence-corrected chi connectivity index (χ2v) is 8.28. The van der Waals surface area contributed by atoms with E-state index in [0.717, 1.165) is 0 Å². The van der Waals surface area contributed by atoms with Crippen LogP contribution in [0.1, 0.15) is 37.6 Å². The third-order valence-corrected chi connectivity index (χ3v) is 4.78. The van der Waals surface area contributed by atoms with E-state index in [1.807, 2.05) is 0 Å². The summed E-state index contributed by atoms with van der Waals surface area (Å²) in [6.45, 7) is 12.7. The molecule has 2 rings (SSSR count). The smallest absolute Gasteiger partial charge is 0.412 e. The number of hydrogen-bond donors (Lipinski definition) is 1. The van der Waals surface area contributed by atoms with E-state index in [9.17, 15) is 14.4 Å². The molecule has 0 radical (unpaired) electrons. The zero-order valence-electron chi connectivity index (χ0n) is 20.4. The standard InChI is InChI=1S/C26H30N2O6/c1-9-18-20(10-2)28(6)23(29)21(22(18)32-7)17-13-11-16(12-14-17)15-19(24(30)33-8)27-25(31)34-26(3,4)5/h9-15H,1-2H2,3-8H3,(H,27,31)/b19-15+. The number of nitrogens with zero attached hydrogens (tertiary/aromatic N) is 1. The van der Waals surface area contributed by atoms with Crippen LogP contribution in [0.25, 0.3) is 29.4 Å². The maximum absolute atomic E-state index is 13.1. The average molecular weight is 467 g/mol. The number of benzene rings is 1. The number of carbonyl (C=O) groups excluding carboxylic acids is 2. The van der Waals surface area contributed by atoms with Crippen molar-refractivity contribution in [1.82, 2.24) is 9.88 Å². The van der Waals surface area contributed by atoms with Gasteiger partial charge in [-0.1, -0.05) is 43.5 Å². The van der Waals surface area contributed by atoms with Crippen LogP contribution >= 0.6 is 0 Å². The molecule has 0 bridgehead atoms. The minimum atomic E-state index is -0.784. The molecule has 0 unspecified atom stereocenters. The quantitative estimate of drug-likeness (QED) is 0.480. The zero-order valence-corrected chi connectivity index (χ0v) is 20.4. The first kappa shape index (κ1) is 26.2. The summed E-state index contributed by atoms with van der Waals surface area (Å²) in [5, 5.41) is 2.41. The fourth-order valence-electron chi connectivity index (χ4n) is 3.30. The Hall–Kier alpha value is -4.07. The van der Waals surface area contributed by atoms with Crippen molar-refractivity contribution in [2.24, 2.45) is 7.05 Å². The fraction of sp³-hybridized carbons (Fsp3) is 0.269. The van der Waals surface area contributed by atoms with Crippen LogP contribution in [0.15, 0.2) is 47.9 Å². The number of carbonyl (C=O) groups is 2. The lowest BCUT2D eigenvalue weighted by molar-refractivity contribution is -0.136. The van der Waals surface area contributed by atoms with Crippen LogP contribution in [-0.2, 0) is 21.3 Å². The zero-order chi connectivity index (χ0) is 25.6. The number of hydrogen-bond acceptors (Lipinski definition) is 6. The molecule has 0 aliphatic rings. The number of ether oxygens (including phenoxy) is 3. The Balaban J connectivity index is 2.52. The lowest BCUT2D eigenvalue weighted by Gasteiger charge is -2.20. The van der Waals surface area contributed by atoms with Crippen LogP contribution in [0.2, 0.25) is 0 Å². The highest BCUT2D eigenvalue weighted by molar-refractivity contribution is 5.96. The Labute approximate surface area is 199 Å². The molecular formula is C26H30N2O6. The molecule has 1 aromatic heterocycles. The van der Waals surface area contributed by atoms with Gasteiger partial charge in [0, 0.05) is 12.6 Å². The van der Waals surface area contributed by atoms with Crippen LogP contribution in [-0.4, -0.2) is 36.5 Å². The summed E-state index contributed by atoms with van der Waals surface area (Å²) >= 11 is 0. The Morgan fingerprint density at radius 2 is 1.68 bits per heavy atom. The third kappa shape index (κ3) is 5.83. The molecule has 34 heavy (non-hydrogen) atoms. The van der Waals surface area contributed by atoms with Crippen molar-refractivity contribution in [3.63, 3.8) is 0 Å². The first-order valence-corrected chi connectivity index (χ1v) is 10.4. The molecule has 0 saturated heterocycles. The molecule has 0 spiro atoms. The van der Waals surface area contributed by atoms with Gasteiger partial charge >= 0.3 is 12.1 Å². The fourth-order valence-corrected chi connectivity index (χ4v) is 3.30. The van der Waals surface area contributed by atoms with Crippen LogP contribution in [0.4, 0.5) is 4.79 Å². The molecule has 1 aromatic carbocycles. The maximum atomic E-state index is 13.1. The van der Waals surface area contributed by atoms with Gasteiger partial charge in [-0.15, -0.1) is 0 Å². The maximum Gasteiger partial charge on any atom is 0.412 e. The van der Waals surface area contributed by atoms with Gasteiger partial charge < -0.3 is 18.8 Å². The van der Waals surface area contributed by atoms with Crippen molar-refractivity contribution >= 4 is 30.3 Å². The van der Waals surface area contributed by atoms with Crippen LogP contribution in [0.3, 0.4) is 0 Å². The molecular weight excluding hydrogens is 436 g/mol. The molecule has 0 saturated carbocycles. The number of nitrogens with one attached hydrogen (secondary N) is 1. The topological polar surface area (TPSA) is 95.9 Å². The van der Waals surface area contributed by atoms with Gasteiger partial charge in [0.25, 0.3) is 5.56 Å². The predicted molar refractivity (Wildman–Crippen MR) is 133 cm³/mol. The lowest BCUT2D eigenvalue weighted by Crippen LogP contribution is -2.34. The van der Waals surface area contributed by atoms with Crippen molar-refractivity contribution in [2.45, 2.75) is 26.4 Å². The largest absolute Gasteiger partial charge is 0.495 e. The summed E-state index contributed by atoms with van der Waals surface area (Å²) < 4.78 is 17.0. The molecule has 0 atom stereocenters. The van der Waals surface area contributed by atoms with Crippen molar-refractivity contribution in [2.75, 3.05) is 14.2 Å². The van der Waals surface area contributed by atoms with Gasteiger partial charge in [-0.3, -0.25) is 10.1 Å². The van der Waals surface area contributed by atoms with E-state index in [4.69, 9.17) is 14.2 Å². The number of alkyl carbamates (subject to hydrolysis) is 1. The molecule has 1 amide bonds. The second-order valence-electron chi connectivity index (χ2n) is 8.28. The van der Waals surface area contributed by atoms with E-state index >= 15 is 0 Å². The highest BCUT2D eigenvalue weighted by Crippen LogP contribution is 2.33. The predicted octanol–water partition coefficient (Wildman–Crippen LogP) is 4.39. The number of esters is 1. The summed E-state index contributed by atoms with van der Waals surface area (Å²) in [7, 11) is 4.35. The van der Waals surface area contributed by atoms with Crippen LogP contribution in [0, 0.1) is 0 Å². The SMILES string of the molecule is C=Cc1c(OC)c(-c2ccc(/C=C(/NC(=O)OC(C)(C)C)C(=O)OC)cc2)c(=O)n(C)c1C=C.